The summed E-state index contributed by atoms with van der Waals surface area (Å²) in [5.41, 5.74) is 9.43. The lowest BCUT2D eigenvalue weighted by atomic mass is 10.0. The second-order valence-electron chi connectivity index (χ2n) is 3.73. The summed E-state index contributed by atoms with van der Waals surface area (Å²) in [5, 5.41) is 0. The van der Waals surface area contributed by atoms with Crippen molar-refractivity contribution in [2.24, 2.45) is 5.73 Å². The molecular formula is C13H13IN2. The van der Waals surface area contributed by atoms with Crippen LogP contribution >= 0.6 is 22.6 Å². The van der Waals surface area contributed by atoms with Gasteiger partial charge in [-0.25, -0.2) is 0 Å². The Kier molecular flexibility index (Phi) is 3.56. The average Bonchev–Trinajstić information content (AvgIpc) is 2.30. The van der Waals surface area contributed by atoms with Crippen LogP contribution in [0.2, 0.25) is 0 Å². The Bertz CT molecular complexity index is 480. The van der Waals surface area contributed by atoms with Crippen molar-refractivity contribution in [2.45, 2.75) is 13.0 Å². The molecular weight excluding hydrogens is 311 g/mol. The monoisotopic (exact) mass is 324 g/mol. The lowest BCUT2D eigenvalue weighted by Gasteiger charge is -2.13. The van der Waals surface area contributed by atoms with Crippen molar-refractivity contribution in [1.29, 1.82) is 0 Å². The number of pyridine rings is 1. The van der Waals surface area contributed by atoms with Crippen LogP contribution in [0.25, 0.3) is 0 Å². The van der Waals surface area contributed by atoms with E-state index >= 15 is 0 Å². The largest absolute Gasteiger partial charge is 0.320 e. The van der Waals surface area contributed by atoms with E-state index in [1.165, 1.54) is 3.57 Å². The third kappa shape index (κ3) is 2.41. The maximum atomic E-state index is 6.22. The maximum Gasteiger partial charge on any atom is 0.0577 e. The van der Waals surface area contributed by atoms with E-state index in [0.717, 1.165) is 16.8 Å². The van der Waals surface area contributed by atoms with Gasteiger partial charge in [0.1, 0.15) is 0 Å². The Labute approximate surface area is 109 Å². The van der Waals surface area contributed by atoms with Crippen molar-refractivity contribution in [1.82, 2.24) is 4.98 Å². The lowest BCUT2D eigenvalue weighted by molar-refractivity contribution is 0.854. The van der Waals surface area contributed by atoms with Crippen LogP contribution in [0.4, 0.5) is 0 Å². The second kappa shape index (κ2) is 4.93. The van der Waals surface area contributed by atoms with E-state index < -0.39 is 0 Å². The summed E-state index contributed by atoms with van der Waals surface area (Å²) < 4.78 is 1.19. The molecule has 0 aliphatic carbocycles. The minimum Gasteiger partial charge on any atom is -0.320 e. The molecule has 0 saturated heterocycles. The Morgan fingerprint density at radius 1 is 1.19 bits per heavy atom. The number of rotatable bonds is 2. The van der Waals surface area contributed by atoms with Gasteiger partial charge in [-0.2, -0.15) is 0 Å². The number of aryl methyl sites for hydroxylation is 1. The first-order chi connectivity index (χ1) is 7.68. The van der Waals surface area contributed by atoms with Crippen LogP contribution in [0.15, 0.2) is 42.6 Å². The van der Waals surface area contributed by atoms with E-state index in [-0.39, 0.29) is 6.04 Å². The van der Waals surface area contributed by atoms with Crippen molar-refractivity contribution >= 4 is 22.6 Å². The molecule has 3 heteroatoms. The molecule has 1 atom stereocenters. The molecule has 0 aliphatic rings. The molecule has 16 heavy (non-hydrogen) atoms. The van der Waals surface area contributed by atoms with Gasteiger partial charge in [-0.3, -0.25) is 4.98 Å². The van der Waals surface area contributed by atoms with E-state index in [1.54, 1.807) is 0 Å². The van der Waals surface area contributed by atoms with Gasteiger partial charge >= 0.3 is 0 Å². The number of nitrogens with two attached hydrogens (primary N) is 1. The van der Waals surface area contributed by atoms with Crippen molar-refractivity contribution in [3.63, 3.8) is 0 Å². The molecule has 2 nitrogen and oxygen atoms in total. The fourth-order valence-corrected chi connectivity index (χ4v) is 2.29. The van der Waals surface area contributed by atoms with Crippen LogP contribution in [-0.2, 0) is 0 Å². The molecule has 0 spiro atoms. The first kappa shape index (κ1) is 11.5. The van der Waals surface area contributed by atoms with E-state index in [2.05, 4.69) is 39.7 Å². The molecule has 2 N–H and O–H groups in total. The predicted molar refractivity (Wildman–Crippen MR) is 74.2 cm³/mol. The quantitative estimate of drug-likeness (QED) is 0.863. The SMILES string of the molecule is Cc1ccc(C(N)c2ccccc2I)cn1. The molecule has 0 fully saturated rings. The summed E-state index contributed by atoms with van der Waals surface area (Å²) in [4.78, 5) is 4.27. The highest BCUT2D eigenvalue weighted by molar-refractivity contribution is 14.1. The van der Waals surface area contributed by atoms with Gasteiger partial charge in [-0.15, -0.1) is 0 Å². The Morgan fingerprint density at radius 2 is 1.94 bits per heavy atom. The first-order valence-electron chi connectivity index (χ1n) is 5.11. The molecule has 0 radical (unpaired) electrons. The van der Waals surface area contributed by atoms with Gasteiger partial charge in [0.25, 0.3) is 0 Å². The standard InChI is InChI=1S/C13H13IN2/c1-9-6-7-10(8-16-9)13(15)11-4-2-3-5-12(11)14/h2-8,13H,15H2,1H3. The summed E-state index contributed by atoms with van der Waals surface area (Å²) in [6.07, 6.45) is 1.85. The predicted octanol–water partition coefficient (Wildman–Crippen LogP) is 3.04. The molecule has 0 amide bonds. The summed E-state index contributed by atoms with van der Waals surface area (Å²) in [6.45, 7) is 1.97. The number of hydrogen-bond acceptors (Lipinski definition) is 2. The number of hydrogen-bond donors (Lipinski definition) is 1. The molecule has 1 aromatic carbocycles. The highest BCUT2D eigenvalue weighted by Gasteiger charge is 2.11. The normalized spacial score (nSPS) is 12.4. The molecule has 1 aromatic heterocycles. The summed E-state index contributed by atoms with van der Waals surface area (Å²) in [5.74, 6) is 0. The zero-order valence-electron chi connectivity index (χ0n) is 9.02. The molecule has 0 bridgehead atoms. The van der Waals surface area contributed by atoms with Crippen LogP contribution in [0.3, 0.4) is 0 Å². The minimum absolute atomic E-state index is 0.0961. The highest BCUT2D eigenvalue weighted by atomic mass is 127. The number of nitrogens with zero attached hydrogens (tertiary/aromatic N) is 1. The van der Waals surface area contributed by atoms with Gasteiger partial charge in [0, 0.05) is 15.5 Å². The fraction of sp³-hybridized carbons (Fsp3) is 0.154. The van der Waals surface area contributed by atoms with E-state index in [9.17, 15) is 0 Å². The van der Waals surface area contributed by atoms with Crippen LogP contribution in [0.5, 0.6) is 0 Å². The molecule has 82 valence electrons. The Hall–Kier alpha value is -0.940. The number of aromatic nitrogens is 1. The number of halogens is 1. The first-order valence-corrected chi connectivity index (χ1v) is 6.19. The topological polar surface area (TPSA) is 38.9 Å². The van der Waals surface area contributed by atoms with Crippen molar-refractivity contribution in [3.8, 4) is 0 Å². The number of benzene rings is 1. The molecule has 0 saturated carbocycles. The third-order valence-corrected chi connectivity index (χ3v) is 3.52. The van der Waals surface area contributed by atoms with E-state index in [1.807, 2.05) is 37.4 Å². The van der Waals surface area contributed by atoms with Gasteiger partial charge in [0.15, 0.2) is 0 Å². The van der Waals surface area contributed by atoms with E-state index in [4.69, 9.17) is 5.73 Å². The summed E-state index contributed by atoms with van der Waals surface area (Å²) >= 11 is 2.31. The Balaban J connectivity index is 2.35. The van der Waals surface area contributed by atoms with Crippen LogP contribution in [0.1, 0.15) is 22.9 Å². The lowest BCUT2D eigenvalue weighted by Crippen LogP contribution is -2.13. The molecule has 2 rings (SSSR count). The summed E-state index contributed by atoms with van der Waals surface area (Å²) in [6, 6.07) is 12.1. The zero-order chi connectivity index (χ0) is 11.5. The van der Waals surface area contributed by atoms with Gasteiger partial charge < -0.3 is 5.73 Å². The molecule has 0 aliphatic heterocycles. The van der Waals surface area contributed by atoms with E-state index in [0.29, 0.717) is 0 Å². The van der Waals surface area contributed by atoms with Crippen LogP contribution in [0, 0.1) is 10.5 Å². The Morgan fingerprint density at radius 3 is 2.56 bits per heavy atom. The van der Waals surface area contributed by atoms with Gasteiger partial charge in [0.2, 0.25) is 0 Å². The average molecular weight is 324 g/mol. The van der Waals surface area contributed by atoms with Crippen LogP contribution < -0.4 is 5.73 Å². The highest BCUT2D eigenvalue weighted by Crippen LogP contribution is 2.23. The maximum absolute atomic E-state index is 6.22. The smallest absolute Gasteiger partial charge is 0.0577 e. The van der Waals surface area contributed by atoms with Crippen LogP contribution in [-0.4, -0.2) is 4.98 Å². The van der Waals surface area contributed by atoms with Gasteiger partial charge in [-0.05, 0) is 52.8 Å². The van der Waals surface area contributed by atoms with Crippen molar-refractivity contribution in [2.75, 3.05) is 0 Å². The van der Waals surface area contributed by atoms with Crippen molar-refractivity contribution < 1.29 is 0 Å². The fourth-order valence-electron chi connectivity index (χ4n) is 1.57. The van der Waals surface area contributed by atoms with Gasteiger partial charge in [-0.1, -0.05) is 24.3 Å². The van der Waals surface area contributed by atoms with Gasteiger partial charge in [0.05, 0.1) is 6.04 Å². The molecule has 1 heterocycles. The molecule has 1 unspecified atom stereocenters. The zero-order valence-corrected chi connectivity index (χ0v) is 11.2. The minimum atomic E-state index is -0.0961. The summed E-state index contributed by atoms with van der Waals surface area (Å²) in [7, 11) is 0. The molecule has 2 aromatic rings. The van der Waals surface area contributed by atoms with Crippen molar-refractivity contribution in [3.05, 3.63) is 63.0 Å². The third-order valence-electron chi connectivity index (χ3n) is 2.53. The second-order valence-corrected chi connectivity index (χ2v) is 4.89.